The average molecular weight is 320 g/mol. The van der Waals surface area contributed by atoms with E-state index in [-0.39, 0.29) is 23.9 Å². The SMILES string of the molecule is CC(=O)CC(=O)OC=C(C)C(=O)OC1C2CC3CC(C2)CC1C3. The van der Waals surface area contributed by atoms with Gasteiger partial charge in [-0.05, 0) is 69.6 Å². The summed E-state index contributed by atoms with van der Waals surface area (Å²) in [6, 6.07) is 0. The van der Waals surface area contributed by atoms with Crippen LogP contribution in [0.5, 0.6) is 0 Å². The maximum Gasteiger partial charge on any atom is 0.337 e. The third-order valence-electron chi connectivity index (χ3n) is 5.47. The highest BCUT2D eigenvalue weighted by Gasteiger charge is 2.49. The van der Waals surface area contributed by atoms with Crippen LogP contribution in [0.1, 0.15) is 52.4 Å². The summed E-state index contributed by atoms with van der Waals surface area (Å²) < 4.78 is 10.6. The van der Waals surface area contributed by atoms with Crippen molar-refractivity contribution in [3.05, 3.63) is 11.8 Å². The monoisotopic (exact) mass is 320 g/mol. The highest BCUT2D eigenvalue weighted by atomic mass is 16.6. The lowest BCUT2D eigenvalue weighted by Crippen LogP contribution is -2.50. The normalized spacial score (nSPS) is 35.0. The summed E-state index contributed by atoms with van der Waals surface area (Å²) in [7, 11) is 0. The van der Waals surface area contributed by atoms with Crippen LogP contribution in [-0.4, -0.2) is 23.8 Å². The molecule has 0 N–H and O–H groups in total. The van der Waals surface area contributed by atoms with Gasteiger partial charge < -0.3 is 9.47 Å². The molecule has 0 aliphatic heterocycles. The summed E-state index contributed by atoms with van der Waals surface area (Å²) in [5.41, 5.74) is 0.260. The summed E-state index contributed by atoms with van der Waals surface area (Å²) in [6.45, 7) is 2.89. The maximum atomic E-state index is 12.2. The lowest BCUT2D eigenvalue weighted by molar-refractivity contribution is -0.166. The topological polar surface area (TPSA) is 69.7 Å². The first-order valence-electron chi connectivity index (χ1n) is 8.49. The van der Waals surface area contributed by atoms with Gasteiger partial charge in [0, 0.05) is 0 Å². The number of esters is 2. The van der Waals surface area contributed by atoms with Crippen LogP contribution in [-0.2, 0) is 23.9 Å². The van der Waals surface area contributed by atoms with Crippen molar-refractivity contribution in [2.45, 2.75) is 58.5 Å². The van der Waals surface area contributed by atoms with E-state index in [1.54, 1.807) is 6.92 Å². The molecule has 0 radical (unpaired) electrons. The first-order chi connectivity index (χ1) is 10.9. The minimum absolute atomic E-state index is 0.0200. The van der Waals surface area contributed by atoms with Crippen molar-refractivity contribution >= 4 is 17.7 Å². The fraction of sp³-hybridized carbons (Fsp3) is 0.722. The smallest absolute Gasteiger partial charge is 0.337 e. The van der Waals surface area contributed by atoms with Crippen molar-refractivity contribution in [1.29, 1.82) is 0 Å². The second-order valence-electron chi connectivity index (χ2n) is 7.47. The molecule has 0 spiro atoms. The zero-order valence-electron chi connectivity index (χ0n) is 13.7. The number of ether oxygens (including phenoxy) is 2. The summed E-state index contributed by atoms with van der Waals surface area (Å²) in [6.07, 6.45) is 6.92. The minimum atomic E-state index is -0.653. The Hall–Kier alpha value is -1.65. The molecule has 4 aliphatic rings. The molecule has 0 amide bonds. The number of carbonyl (C=O) groups excluding carboxylic acids is 3. The molecular formula is C18H24O5. The number of rotatable bonds is 5. The van der Waals surface area contributed by atoms with Gasteiger partial charge >= 0.3 is 11.9 Å². The summed E-state index contributed by atoms with van der Waals surface area (Å²) in [4.78, 5) is 34.4. The second-order valence-corrected chi connectivity index (χ2v) is 7.47. The molecule has 0 saturated heterocycles. The predicted octanol–water partition coefficient (Wildman–Crippen LogP) is 2.78. The lowest BCUT2D eigenvalue weighted by Gasteiger charge is -2.53. The van der Waals surface area contributed by atoms with Crippen molar-refractivity contribution in [3.8, 4) is 0 Å². The van der Waals surface area contributed by atoms with Gasteiger partial charge in [0.15, 0.2) is 0 Å². The molecule has 0 aromatic rings. The predicted molar refractivity (Wildman–Crippen MR) is 82.1 cm³/mol. The number of Topliss-reactive ketones (excluding diaryl/α,β-unsaturated/α-hetero) is 1. The van der Waals surface area contributed by atoms with Gasteiger partial charge in [0.05, 0.1) is 5.57 Å². The molecule has 4 fully saturated rings. The van der Waals surface area contributed by atoms with E-state index < -0.39 is 11.9 Å². The third-order valence-corrected chi connectivity index (χ3v) is 5.47. The molecule has 4 aliphatic carbocycles. The molecule has 4 rings (SSSR count). The second kappa shape index (κ2) is 6.46. The first-order valence-corrected chi connectivity index (χ1v) is 8.49. The number of carbonyl (C=O) groups is 3. The molecule has 5 nitrogen and oxygen atoms in total. The van der Waals surface area contributed by atoms with Crippen LogP contribution in [0.15, 0.2) is 11.8 Å². The van der Waals surface area contributed by atoms with Crippen LogP contribution in [0.2, 0.25) is 0 Å². The Bertz CT molecular complexity index is 520. The molecule has 0 unspecified atom stereocenters. The molecular weight excluding hydrogens is 296 g/mol. The summed E-state index contributed by atoms with van der Waals surface area (Å²) in [5.74, 6) is 1.33. The van der Waals surface area contributed by atoms with Gasteiger partial charge in [-0.15, -0.1) is 0 Å². The van der Waals surface area contributed by atoms with E-state index in [2.05, 4.69) is 0 Å². The van der Waals surface area contributed by atoms with Crippen molar-refractivity contribution in [1.82, 2.24) is 0 Å². The fourth-order valence-electron chi connectivity index (χ4n) is 4.73. The molecule has 126 valence electrons. The average Bonchev–Trinajstić information content (AvgIpc) is 2.46. The van der Waals surface area contributed by atoms with E-state index in [1.165, 1.54) is 39.0 Å². The van der Waals surface area contributed by atoms with Crippen LogP contribution in [0, 0.1) is 23.7 Å². The standard InChI is InChI=1S/C18H24O5/c1-10(9-22-16(20)3-11(2)19)18(21)23-17-14-5-12-4-13(7-14)8-15(17)6-12/h9,12-15,17H,3-8H2,1-2H3. The van der Waals surface area contributed by atoms with E-state index in [9.17, 15) is 14.4 Å². The lowest BCUT2D eigenvalue weighted by atomic mass is 9.55. The van der Waals surface area contributed by atoms with E-state index in [4.69, 9.17) is 9.47 Å². The van der Waals surface area contributed by atoms with Crippen molar-refractivity contribution in [3.63, 3.8) is 0 Å². The highest BCUT2D eigenvalue weighted by Crippen LogP contribution is 2.54. The molecule has 0 aromatic heterocycles. The van der Waals surface area contributed by atoms with Gasteiger partial charge in [0.1, 0.15) is 24.6 Å². The van der Waals surface area contributed by atoms with Crippen LogP contribution < -0.4 is 0 Å². The Morgan fingerprint density at radius 3 is 2.04 bits per heavy atom. The largest absolute Gasteiger partial charge is 0.458 e. The van der Waals surface area contributed by atoms with Gasteiger partial charge in [-0.3, -0.25) is 9.59 Å². The van der Waals surface area contributed by atoms with Crippen LogP contribution in [0.25, 0.3) is 0 Å². The van der Waals surface area contributed by atoms with Gasteiger partial charge in [-0.25, -0.2) is 4.79 Å². The van der Waals surface area contributed by atoms with Gasteiger partial charge in [0.25, 0.3) is 0 Å². The Balaban J connectivity index is 1.54. The molecule has 0 atom stereocenters. The molecule has 23 heavy (non-hydrogen) atoms. The van der Waals surface area contributed by atoms with Gasteiger partial charge in [-0.2, -0.15) is 0 Å². The fourth-order valence-corrected chi connectivity index (χ4v) is 4.73. The Kier molecular flexibility index (Phi) is 4.55. The van der Waals surface area contributed by atoms with Gasteiger partial charge in [-0.1, -0.05) is 0 Å². The van der Waals surface area contributed by atoms with Crippen LogP contribution >= 0.6 is 0 Å². The number of hydrogen-bond donors (Lipinski definition) is 0. The van der Waals surface area contributed by atoms with Crippen molar-refractivity contribution < 1.29 is 23.9 Å². The van der Waals surface area contributed by atoms with E-state index >= 15 is 0 Å². The Morgan fingerprint density at radius 1 is 0.957 bits per heavy atom. The Labute approximate surface area is 136 Å². The van der Waals surface area contributed by atoms with Crippen LogP contribution in [0.3, 0.4) is 0 Å². The molecule has 5 heteroatoms. The van der Waals surface area contributed by atoms with E-state index in [1.807, 2.05) is 0 Å². The summed E-state index contributed by atoms with van der Waals surface area (Å²) in [5, 5.41) is 0. The summed E-state index contributed by atoms with van der Waals surface area (Å²) >= 11 is 0. The first kappa shape index (κ1) is 16.2. The van der Waals surface area contributed by atoms with Crippen molar-refractivity contribution in [2.75, 3.05) is 0 Å². The van der Waals surface area contributed by atoms with Crippen LogP contribution in [0.4, 0.5) is 0 Å². The minimum Gasteiger partial charge on any atom is -0.458 e. The van der Waals surface area contributed by atoms with E-state index in [0.29, 0.717) is 11.8 Å². The maximum absolute atomic E-state index is 12.2. The number of ketones is 1. The molecule has 0 heterocycles. The van der Waals surface area contributed by atoms with Gasteiger partial charge in [0.2, 0.25) is 0 Å². The molecule has 4 bridgehead atoms. The highest BCUT2D eigenvalue weighted by molar-refractivity contribution is 5.94. The Morgan fingerprint density at radius 2 is 1.52 bits per heavy atom. The quantitative estimate of drug-likeness (QED) is 0.337. The zero-order valence-corrected chi connectivity index (χ0v) is 13.7. The third kappa shape index (κ3) is 3.65. The zero-order chi connectivity index (χ0) is 16.6. The molecule has 0 aromatic carbocycles. The van der Waals surface area contributed by atoms with Crippen molar-refractivity contribution in [2.24, 2.45) is 23.7 Å². The molecule has 4 saturated carbocycles. The van der Waals surface area contributed by atoms with E-state index in [0.717, 1.165) is 18.1 Å². The number of hydrogen-bond acceptors (Lipinski definition) is 5.